The molecule has 1 aliphatic heterocycles. The van der Waals surface area contributed by atoms with Crippen molar-refractivity contribution in [3.05, 3.63) is 71.4 Å². The minimum Gasteiger partial charge on any atom is -0.493 e. The monoisotopic (exact) mass is 562 g/mol. The van der Waals surface area contributed by atoms with E-state index >= 15 is 0 Å². The van der Waals surface area contributed by atoms with Crippen LogP contribution in [0, 0.1) is 0 Å². The van der Waals surface area contributed by atoms with Gasteiger partial charge < -0.3 is 19.8 Å². The Kier molecular flexibility index (Phi) is 8.35. The number of hydrogen-bond donors (Lipinski definition) is 3. The zero-order chi connectivity index (χ0) is 27.9. The average molecular weight is 563 g/mol. The Morgan fingerprint density at radius 1 is 1.20 bits per heavy atom. The summed E-state index contributed by atoms with van der Waals surface area (Å²) in [5.74, 6) is 0.963. The fourth-order valence-electron chi connectivity index (χ4n) is 4.37. The molecular formula is C27H27ClN8O4. The average Bonchev–Trinajstić information content (AvgIpc) is 3.66. The predicted octanol–water partition coefficient (Wildman–Crippen LogP) is 4.71. The van der Waals surface area contributed by atoms with Gasteiger partial charge in [-0.05, 0) is 66.1 Å². The second kappa shape index (κ2) is 12.4. The molecule has 0 spiro atoms. The molecule has 0 radical (unpaired) electrons. The van der Waals surface area contributed by atoms with Crippen LogP contribution in [0.15, 0.2) is 55.0 Å². The van der Waals surface area contributed by atoms with Crippen molar-refractivity contribution >= 4 is 35.4 Å². The SMILES string of the molecule is COC(=O)Nc1ccc2c(c1)OCCCCCC(NC(=O)C=Cc1cc(Cl)ccc1-n1cnnn1)c1ncc-2[nH]1. The van der Waals surface area contributed by atoms with Gasteiger partial charge in [-0.1, -0.05) is 18.0 Å². The van der Waals surface area contributed by atoms with Crippen LogP contribution in [0.25, 0.3) is 23.0 Å². The maximum atomic E-state index is 13.0. The van der Waals surface area contributed by atoms with E-state index in [1.807, 2.05) is 6.07 Å². The Labute approximate surface area is 234 Å². The fraction of sp³-hybridized carbons (Fsp3) is 0.259. The van der Waals surface area contributed by atoms with Crippen molar-refractivity contribution in [3.8, 4) is 22.7 Å². The Morgan fingerprint density at radius 3 is 2.92 bits per heavy atom. The van der Waals surface area contributed by atoms with E-state index in [0.29, 0.717) is 46.6 Å². The van der Waals surface area contributed by atoms with Crippen molar-refractivity contribution < 1.29 is 19.1 Å². The van der Waals surface area contributed by atoms with Crippen molar-refractivity contribution in [2.45, 2.75) is 31.7 Å². The van der Waals surface area contributed by atoms with Gasteiger partial charge in [0.1, 0.15) is 17.9 Å². The van der Waals surface area contributed by atoms with Gasteiger partial charge in [-0.2, -0.15) is 4.68 Å². The molecule has 3 N–H and O–H groups in total. The van der Waals surface area contributed by atoms with Crippen LogP contribution < -0.4 is 15.4 Å². The Morgan fingerprint density at radius 2 is 2.10 bits per heavy atom. The first-order valence-corrected chi connectivity index (χ1v) is 13.1. The molecule has 0 aliphatic carbocycles. The molecule has 0 fully saturated rings. The van der Waals surface area contributed by atoms with Gasteiger partial charge in [0.05, 0.1) is 37.3 Å². The van der Waals surface area contributed by atoms with E-state index in [-0.39, 0.29) is 11.9 Å². The molecule has 2 aromatic carbocycles. The number of aromatic nitrogens is 6. The lowest BCUT2D eigenvalue weighted by molar-refractivity contribution is -0.117. The highest BCUT2D eigenvalue weighted by Gasteiger charge is 2.20. The number of anilines is 1. The van der Waals surface area contributed by atoms with Gasteiger partial charge in [-0.3, -0.25) is 10.1 Å². The molecule has 2 amide bonds. The van der Waals surface area contributed by atoms with Crippen LogP contribution in [0.4, 0.5) is 10.5 Å². The molecule has 1 atom stereocenters. The lowest BCUT2D eigenvalue weighted by Gasteiger charge is -2.17. The highest BCUT2D eigenvalue weighted by atomic mass is 35.5. The number of nitrogens with one attached hydrogen (secondary N) is 3. The largest absolute Gasteiger partial charge is 0.493 e. The lowest BCUT2D eigenvalue weighted by Crippen LogP contribution is -2.27. The van der Waals surface area contributed by atoms with Crippen LogP contribution in [0.5, 0.6) is 5.75 Å². The van der Waals surface area contributed by atoms with E-state index in [9.17, 15) is 9.59 Å². The number of tetrazole rings is 1. The molecule has 12 nitrogen and oxygen atoms in total. The van der Waals surface area contributed by atoms with E-state index < -0.39 is 6.09 Å². The molecule has 0 saturated heterocycles. The van der Waals surface area contributed by atoms with Crippen LogP contribution in [0.2, 0.25) is 5.02 Å². The summed E-state index contributed by atoms with van der Waals surface area (Å²) in [5, 5.41) is 17.5. The van der Waals surface area contributed by atoms with Crippen molar-refractivity contribution in [1.82, 2.24) is 35.5 Å². The number of carbonyl (C=O) groups excluding carboxylic acids is 2. The summed E-state index contributed by atoms with van der Waals surface area (Å²) in [7, 11) is 1.31. The highest BCUT2D eigenvalue weighted by molar-refractivity contribution is 6.30. The quantitative estimate of drug-likeness (QED) is 0.296. The number of methoxy groups -OCH3 is 1. The number of hydrogen-bond acceptors (Lipinski definition) is 8. The van der Waals surface area contributed by atoms with Crippen LogP contribution in [0.3, 0.4) is 0 Å². The molecule has 5 rings (SSSR count). The molecule has 40 heavy (non-hydrogen) atoms. The normalized spacial score (nSPS) is 15.3. The number of H-pyrrole nitrogens is 1. The molecular weight excluding hydrogens is 536 g/mol. The van der Waals surface area contributed by atoms with Gasteiger partial charge in [0.2, 0.25) is 5.91 Å². The minimum absolute atomic E-state index is 0.278. The number of rotatable bonds is 5. The fourth-order valence-corrected chi connectivity index (χ4v) is 4.55. The molecule has 2 bridgehead atoms. The van der Waals surface area contributed by atoms with Crippen LogP contribution in [-0.4, -0.2) is 55.9 Å². The van der Waals surface area contributed by atoms with Crippen molar-refractivity contribution in [3.63, 3.8) is 0 Å². The summed E-state index contributed by atoms with van der Waals surface area (Å²) in [6, 6.07) is 10.3. The van der Waals surface area contributed by atoms with Crippen LogP contribution >= 0.6 is 11.6 Å². The molecule has 13 heteroatoms. The smallest absolute Gasteiger partial charge is 0.411 e. The zero-order valence-electron chi connectivity index (χ0n) is 21.6. The maximum Gasteiger partial charge on any atom is 0.411 e. The molecule has 206 valence electrons. The molecule has 1 unspecified atom stereocenters. The summed E-state index contributed by atoms with van der Waals surface area (Å²) in [5.41, 5.74) is 3.45. The summed E-state index contributed by atoms with van der Waals surface area (Å²) in [6.45, 7) is 0.513. The molecule has 3 heterocycles. The van der Waals surface area contributed by atoms with E-state index in [0.717, 1.165) is 30.5 Å². The number of imidazole rings is 1. The number of amides is 2. The number of fused-ring (bicyclic) bond motifs is 4. The summed E-state index contributed by atoms with van der Waals surface area (Å²) in [4.78, 5) is 32.6. The topological polar surface area (TPSA) is 149 Å². The number of nitrogens with zero attached hydrogens (tertiary/aromatic N) is 5. The standard InChI is InChI=1S/C27H27ClN8O4/c1-39-27(38)31-19-8-9-20-22-15-29-26(33-22)21(5-3-2-4-12-40-24(20)14-19)32-25(37)11-6-17-13-18(28)7-10-23(17)36-16-30-34-35-36/h6-11,13-16,21H,2-5,12H2,1H3,(H,29,33)(H,31,38)(H,32,37). The molecule has 1 aliphatic rings. The van der Waals surface area contributed by atoms with Crippen molar-refractivity contribution in [2.24, 2.45) is 0 Å². The van der Waals surface area contributed by atoms with Gasteiger partial charge >= 0.3 is 6.09 Å². The summed E-state index contributed by atoms with van der Waals surface area (Å²) in [6.07, 6.45) is 9.06. The highest BCUT2D eigenvalue weighted by Crippen LogP contribution is 2.33. The maximum absolute atomic E-state index is 13.0. The van der Waals surface area contributed by atoms with E-state index in [1.165, 1.54) is 24.2 Å². The Balaban J connectivity index is 1.36. The Bertz CT molecular complexity index is 1520. The third kappa shape index (κ3) is 6.46. The lowest BCUT2D eigenvalue weighted by atomic mass is 10.1. The van der Waals surface area contributed by atoms with Gasteiger partial charge in [-0.15, -0.1) is 5.10 Å². The van der Waals surface area contributed by atoms with Gasteiger partial charge in [-0.25, -0.2) is 9.78 Å². The van der Waals surface area contributed by atoms with E-state index in [4.69, 9.17) is 16.3 Å². The minimum atomic E-state index is -0.563. The zero-order valence-corrected chi connectivity index (χ0v) is 22.4. The van der Waals surface area contributed by atoms with E-state index in [1.54, 1.807) is 42.6 Å². The molecule has 0 saturated carbocycles. The van der Waals surface area contributed by atoms with E-state index in [2.05, 4.69) is 40.9 Å². The van der Waals surface area contributed by atoms with Gasteiger partial charge in [0, 0.05) is 34.0 Å². The number of halogens is 1. The molecule has 4 aromatic rings. The number of benzene rings is 2. The number of aromatic amines is 1. The predicted molar refractivity (Wildman–Crippen MR) is 148 cm³/mol. The number of ether oxygens (including phenoxy) is 2. The number of carbonyl (C=O) groups is 2. The third-order valence-corrected chi connectivity index (χ3v) is 6.58. The summed E-state index contributed by atoms with van der Waals surface area (Å²) >= 11 is 6.19. The van der Waals surface area contributed by atoms with Crippen LogP contribution in [0.1, 0.15) is 43.1 Å². The second-order valence-electron chi connectivity index (χ2n) is 9.06. The first kappa shape index (κ1) is 26.9. The van der Waals surface area contributed by atoms with Crippen molar-refractivity contribution in [2.75, 3.05) is 19.0 Å². The molecule has 2 aromatic heterocycles. The second-order valence-corrected chi connectivity index (χ2v) is 9.50. The van der Waals surface area contributed by atoms with Gasteiger partial charge in [0.15, 0.2) is 0 Å². The first-order chi connectivity index (χ1) is 19.5. The van der Waals surface area contributed by atoms with Gasteiger partial charge in [0.25, 0.3) is 0 Å². The van der Waals surface area contributed by atoms with Crippen molar-refractivity contribution in [1.29, 1.82) is 0 Å². The first-order valence-electron chi connectivity index (χ1n) is 12.7. The summed E-state index contributed by atoms with van der Waals surface area (Å²) < 4.78 is 12.2. The van der Waals surface area contributed by atoms with Crippen LogP contribution in [-0.2, 0) is 9.53 Å². The third-order valence-electron chi connectivity index (χ3n) is 6.34. The Hall–Kier alpha value is -4.71.